The molecule has 1 saturated heterocycles. The summed E-state index contributed by atoms with van der Waals surface area (Å²) in [6.07, 6.45) is 17.0. The minimum Gasteiger partial charge on any atom is -0.410 e. The molecular formula is C46H93BrO8Si3. The second-order valence-corrected chi connectivity index (χ2v) is 34.2. The maximum absolute atomic E-state index is 9.01. The molecule has 344 valence electrons. The van der Waals surface area contributed by atoms with E-state index in [9.17, 15) is 0 Å². The van der Waals surface area contributed by atoms with Gasteiger partial charge in [0.25, 0.3) is 0 Å². The minimum absolute atomic E-state index is 0.000826. The van der Waals surface area contributed by atoms with Crippen LogP contribution in [0.1, 0.15) is 101 Å². The Bertz CT molecular complexity index is 1090. The van der Waals surface area contributed by atoms with Crippen molar-refractivity contribution in [3.8, 4) is 0 Å². The van der Waals surface area contributed by atoms with Gasteiger partial charge in [0.1, 0.15) is 0 Å². The van der Waals surface area contributed by atoms with Gasteiger partial charge in [-0.15, -0.1) is 26.3 Å². The first-order chi connectivity index (χ1) is 26.6. The van der Waals surface area contributed by atoms with Crippen molar-refractivity contribution in [1.82, 2.24) is 0 Å². The lowest BCUT2D eigenvalue weighted by Gasteiger charge is -2.38. The molecule has 0 radical (unpaired) electrons. The number of halogens is 1. The summed E-state index contributed by atoms with van der Waals surface area (Å²) >= 11 is 3.13. The van der Waals surface area contributed by atoms with Gasteiger partial charge in [0.05, 0.1) is 37.6 Å². The van der Waals surface area contributed by atoms with Gasteiger partial charge in [0.2, 0.25) is 0 Å². The van der Waals surface area contributed by atoms with E-state index in [4.69, 9.17) is 37.7 Å². The largest absolute Gasteiger partial charge is 0.410 e. The standard InChI is InChI=1S/C14H28O2Si.C12H24O2Si.C11H24O2Si.C6H12O2.C3H5Br/c1-8-11-15-12-10-13(9-2)16-17(6,7)14(3,4)5;1-12(2,3)15(4,5)14-11-7-6-9-13-10-8-11;1-7-10(8-9-12)13-14(5,6)11(2,3)4;7-6-2-1-4-8-5-3-6;1-2-3-4/h8-9,13H,1-2,10-12H2,3-7H3;6-7,11H,8-10H2,1-5H3;7,10,12H,1,8-9H2,2-6H3;6-7H,1-5H2;2H,1,3H2/t13-;11-;10-;6-;/m0000./s1. The molecule has 8 nitrogen and oxygen atoms in total. The van der Waals surface area contributed by atoms with Crippen LogP contribution in [0.25, 0.3) is 0 Å². The summed E-state index contributed by atoms with van der Waals surface area (Å²) < 4.78 is 34.5. The van der Waals surface area contributed by atoms with E-state index in [1.807, 2.05) is 6.08 Å². The van der Waals surface area contributed by atoms with Crippen molar-refractivity contribution in [2.24, 2.45) is 0 Å². The Hall–Kier alpha value is -0.489. The Morgan fingerprint density at radius 2 is 1.21 bits per heavy atom. The predicted octanol–water partition coefficient (Wildman–Crippen LogP) is 12.6. The molecule has 0 amide bonds. The van der Waals surface area contributed by atoms with E-state index >= 15 is 0 Å². The van der Waals surface area contributed by atoms with E-state index in [1.165, 1.54) is 0 Å². The first-order valence-corrected chi connectivity index (χ1v) is 31.2. The van der Waals surface area contributed by atoms with E-state index in [0.717, 1.165) is 63.9 Å². The second kappa shape index (κ2) is 32.2. The van der Waals surface area contributed by atoms with Crippen LogP contribution in [-0.4, -0.2) is 111 Å². The molecule has 0 spiro atoms. The highest BCUT2D eigenvalue weighted by Crippen LogP contribution is 2.39. The van der Waals surface area contributed by atoms with E-state index in [-0.39, 0.29) is 46.1 Å². The van der Waals surface area contributed by atoms with Crippen LogP contribution in [-0.2, 0) is 27.5 Å². The predicted molar refractivity (Wildman–Crippen MR) is 263 cm³/mol. The highest BCUT2D eigenvalue weighted by molar-refractivity contribution is 9.09. The van der Waals surface area contributed by atoms with Crippen molar-refractivity contribution >= 4 is 40.9 Å². The fourth-order valence-electron chi connectivity index (χ4n) is 4.25. The van der Waals surface area contributed by atoms with Crippen molar-refractivity contribution in [1.29, 1.82) is 0 Å². The van der Waals surface area contributed by atoms with Crippen LogP contribution in [0.5, 0.6) is 0 Å². The molecular weight excluding hydrogens is 845 g/mol. The third-order valence-electron chi connectivity index (χ3n) is 11.1. The topological polar surface area (TPSA) is 95.8 Å². The Kier molecular flexibility index (Phi) is 34.3. The minimum atomic E-state index is -1.71. The van der Waals surface area contributed by atoms with Gasteiger partial charge < -0.3 is 37.7 Å². The Balaban J connectivity index is -0.000000688. The summed E-state index contributed by atoms with van der Waals surface area (Å²) in [6, 6.07) is 0. The number of aliphatic hydroxyl groups is 2. The molecule has 0 aromatic rings. The van der Waals surface area contributed by atoms with Crippen molar-refractivity contribution in [3.63, 3.8) is 0 Å². The highest BCUT2D eigenvalue weighted by atomic mass is 79.9. The summed E-state index contributed by atoms with van der Waals surface area (Å²) in [4.78, 5) is 0. The normalized spacial score (nSPS) is 18.9. The molecule has 2 N–H and O–H groups in total. The van der Waals surface area contributed by atoms with Crippen molar-refractivity contribution < 1.29 is 37.7 Å². The van der Waals surface area contributed by atoms with Gasteiger partial charge in [-0.1, -0.05) is 115 Å². The number of alkyl halides is 1. The first kappa shape index (κ1) is 61.8. The first-order valence-electron chi connectivity index (χ1n) is 21.4. The number of hydrogen-bond acceptors (Lipinski definition) is 8. The number of allylic oxidation sites excluding steroid dienone is 1. The van der Waals surface area contributed by atoms with Crippen LogP contribution in [0.4, 0.5) is 0 Å². The third-order valence-corrected chi connectivity index (χ3v) is 25.1. The molecule has 2 aliphatic rings. The van der Waals surface area contributed by atoms with Crippen LogP contribution >= 0.6 is 15.9 Å². The zero-order valence-corrected chi connectivity index (χ0v) is 44.8. The number of hydrogen-bond donors (Lipinski definition) is 2. The molecule has 0 aromatic heterocycles. The molecule has 2 heterocycles. The molecule has 0 bridgehead atoms. The summed E-state index contributed by atoms with van der Waals surface area (Å²) in [7, 11) is -5.03. The number of aliphatic hydroxyl groups excluding tert-OH is 2. The van der Waals surface area contributed by atoms with E-state index < -0.39 is 25.0 Å². The molecule has 4 atom stereocenters. The lowest BCUT2D eigenvalue weighted by Crippen LogP contribution is -2.43. The lowest BCUT2D eigenvalue weighted by atomic mass is 10.2. The molecule has 1 fully saturated rings. The van der Waals surface area contributed by atoms with Crippen molar-refractivity contribution in [2.75, 3.05) is 51.6 Å². The fraction of sp³-hybridized carbons (Fsp3) is 0.783. The van der Waals surface area contributed by atoms with Crippen LogP contribution in [0.3, 0.4) is 0 Å². The van der Waals surface area contributed by atoms with Crippen LogP contribution in [0.15, 0.2) is 62.8 Å². The second-order valence-electron chi connectivity index (χ2n) is 19.3. The number of ether oxygens (including phenoxy) is 3. The summed E-state index contributed by atoms with van der Waals surface area (Å²) in [5.74, 6) is 0. The molecule has 58 heavy (non-hydrogen) atoms. The van der Waals surface area contributed by atoms with Gasteiger partial charge in [0, 0.05) is 38.4 Å². The zero-order chi connectivity index (χ0) is 45.7. The molecule has 0 unspecified atom stereocenters. The van der Waals surface area contributed by atoms with Gasteiger partial charge in [-0.25, -0.2) is 0 Å². The fourth-order valence-corrected chi connectivity index (χ4v) is 8.20. The molecule has 0 saturated carbocycles. The maximum atomic E-state index is 9.01. The summed E-state index contributed by atoms with van der Waals surface area (Å²) in [6.45, 7) is 52.9. The van der Waals surface area contributed by atoms with Gasteiger partial charge >= 0.3 is 0 Å². The molecule has 0 aliphatic carbocycles. The van der Waals surface area contributed by atoms with Gasteiger partial charge in [-0.3, -0.25) is 0 Å². The van der Waals surface area contributed by atoms with Crippen molar-refractivity contribution in [2.45, 2.75) is 180 Å². The SMILES string of the molecule is C=CCBr.C=CCOCC[C@H](C=C)O[Si](C)(C)C(C)(C)C.C=C[C@@H](CCO)O[Si](C)(C)C(C)(C)C.CC(C)(C)[Si](C)(C)O[C@H]1C=CCOCC1.O[C@H]1CCCOCC1. The van der Waals surface area contributed by atoms with Crippen LogP contribution in [0.2, 0.25) is 54.4 Å². The molecule has 12 heteroatoms. The average molecular weight is 938 g/mol. The van der Waals surface area contributed by atoms with Gasteiger partial charge in [-0.2, -0.15) is 0 Å². The Labute approximate surface area is 370 Å². The molecule has 0 aromatic carbocycles. The maximum Gasteiger partial charge on any atom is 0.192 e. The Morgan fingerprint density at radius 3 is 1.64 bits per heavy atom. The monoisotopic (exact) mass is 937 g/mol. The van der Waals surface area contributed by atoms with Gasteiger partial charge in [-0.05, 0) is 92.9 Å². The molecule has 2 rings (SSSR count). The Morgan fingerprint density at radius 1 is 0.724 bits per heavy atom. The third kappa shape index (κ3) is 30.5. The van der Waals surface area contributed by atoms with E-state index in [1.54, 1.807) is 18.2 Å². The zero-order valence-electron chi connectivity index (χ0n) is 40.2. The molecule has 2 aliphatic heterocycles. The van der Waals surface area contributed by atoms with Crippen molar-refractivity contribution in [3.05, 3.63) is 62.8 Å². The average Bonchev–Trinajstić information content (AvgIpc) is 3.52. The number of rotatable bonds is 16. The van der Waals surface area contributed by atoms with Crippen LogP contribution in [0, 0.1) is 0 Å². The van der Waals surface area contributed by atoms with E-state index in [2.05, 4.69) is 156 Å². The highest BCUT2D eigenvalue weighted by Gasteiger charge is 2.40. The van der Waals surface area contributed by atoms with Gasteiger partial charge in [0.15, 0.2) is 25.0 Å². The quantitative estimate of drug-likeness (QED) is 0.0684. The van der Waals surface area contributed by atoms with E-state index in [0.29, 0.717) is 19.6 Å². The van der Waals surface area contributed by atoms with Crippen LogP contribution < -0.4 is 0 Å². The smallest absolute Gasteiger partial charge is 0.192 e. The summed E-state index contributed by atoms with van der Waals surface area (Å²) in [5, 5.41) is 19.5. The summed E-state index contributed by atoms with van der Waals surface area (Å²) in [5.41, 5.74) is 0. The lowest BCUT2D eigenvalue weighted by molar-refractivity contribution is 0.118.